The Morgan fingerprint density at radius 2 is 1.73 bits per heavy atom. The number of hydrogen-bond donors (Lipinski definition) is 0. The molecule has 0 amide bonds. The zero-order valence-corrected chi connectivity index (χ0v) is 13.0. The Balaban J connectivity index is 4.59. The molecule has 0 bridgehead atoms. The van der Waals surface area contributed by atoms with Gasteiger partial charge in [-0.3, -0.25) is 4.79 Å². The highest BCUT2D eigenvalue weighted by molar-refractivity contribution is 5.97. The van der Waals surface area contributed by atoms with Gasteiger partial charge in [-0.1, -0.05) is 27.7 Å². The Labute approximate surface area is 96.1 Å². The molecular weight excluding hydrogens is 208 g/mol. The molecule has 0 aromatic carbocycles. The number of carbonyl (C=O) groups is 1. The molecule has 0 aromatic rings. The molecule has 3 nitrogen and oxygen atoms in total. The van der Waals surface area contributed by atoms with E-state index in [2.05, 4.69) is 27.7 Å². The maximum Gasteiger partial charge on any atom is 0.313 e. The minimum Gasteiger partial charge on any atom is -0.439 e. The fourth-order valence-corrected chi connectivity index (χ4v) is 1.68. The first-order valence-electron chi connectivity index (χ1n) is 5.30. The molecule has 0 aliphatic carbocycles. The molecule has 0 N–H and O–H groups in total. The molecule has 0 fully saturated rings. The van der Waals surface area contributed by atoms with E-state index in [1.165, 1.54) is 0 Å². The van der Waals surface area contributed by atoms with Crippen LogP contribution < -0.4 is 0 Å². The molecule has 90 valence electrons. The summed E-state index contributed by atoms with van der Waals surface area (Å²) in [4.78, 5) is 11.8. The number of rotatable bonds is 4. The predicted molar refractivity (Wildman–Crippen MR) is 64.4 cm³/mol. The summed E-state index contributed by atoms with van der Waals surface area (Å²) in [6, 6.07) is 0. The Kier molecular flexibility index (Phi) is 5.00. The summed E-state index contributed by atoms with van der Waals surface area (Å²) in [7, 11) is 0.591. The maximum absolute atomic E-state index is 11.8. The monoisotopic (exact) mass is 232 g/mol. The summed E-state index contributed by atoms with van der Waals surface area (Å²) in [5.41, 5.74) is -0.386. The van der Waals surface area contributed by atoms with Gasteiger partial charge in [-0.2, -0.15) is 0 Å². The second-order valence-electron chi connectivity index (χ2n) is 5.65. The van der Waals surface area contributed by atoms with Crippen LogP contribution in [-0.4, -0.2) is 23.2 Å². The van der Waals surface area contributed by atoms with Crippen LogP contribution in [0.2, 0.25) is 0 Å². The molecule has 0 aromatic heterocycles. The smallest absolute Gasteiger partial charge is 0.313 e. The van der Waals surface area contributed by atoms with E-state index in [0.29, 0.717) is 10.5 Å². The summed E-state index contributed by atoms with van der Waals surface area (Å²) < 4.78 is 9.91. The van der Waals surface area contributed by atoms with Gasteiger partial charge in [0.25, 0.3) is 0 Å². The first-order valence-corrected chi connectivity index (χ1v) is 6.12. The van der Waals surface area contributed by atoms with Crippen molar-refractivity contribution in [3.05, 3.63) is 0 Å². The van der Waals surface area contributed by atoms with Crippen molar-refractivity contribution in [2.45, 2.75) is 41.5 Å². The average Bonchev–Trinajstić information content (AvgIpc) is 2.11. The number of esters is 1. The summed E-state index contributed by atoms with van der Waals surface area (Å²) >= 11 is 0. The van der Waals surface area contributed by atoms with Crippen LogP contribution in [0.15, 0.2) is 0 Å². The van der Waals surface area contributed by atoms with Gasteiger partial charge in [-0.25, -0.2) is 0 Å². The molecule has 0 aliphatic heterocycles. The molecule has 4 heteroatoms. The van der Waals surface area contributed by atoms with Crippen molar-refractivity contribution in [3.63, 3.8) is 0 Å². The van der Waals surface area contributed by atoms with Crippen molar-refractivity contribution < 1.29 is 14.0 Å². The molecule has 15 heavy (non-hydrogen) atoms. The van der Waals surface area contributed by atoms with Gasteiger partial charge in [-0.15, -0.1) is 0 Å². The quantitative estimate of drug-likeness (QED) is 0.418. The van der Waals surface area contributed by atoms with E-state index in [1.54, 1.807) is 0 Å². The van der Waals surface area contributed by atoms with Crippen LogP contribution in [0.3, 0.4) is 0 Å². The minimum absolute atomic E-state index is 0.0876. The Bertz CT molecular complexity index is 218. The molecule has 1 atom stereocenters. The highest BCUT2D eigenvalue weighted by Crippen LogP contribution is 2.40. The van der Waals surface area contributed by atoms with E-state index in [-0.39, 0.29) is 24.1 Å². The lowest BCUT2D eigenvalue weighted by Gasteiger charge is -2.38. The Morgan fingerprint density at radius 3 is 2.07 bits per heavy atom. The molecule has 0 rings (SSSR count). The minimum atomic E-state index is -0.474. The van der Waals surface area contributed by atoms with Gasteiger partial charge in [-0.05, 0) is 25.2 Å². The summed E-state index contributed by atoms with van der Waals surface area (Å²) in [5.74, 6) is 0.0624. The maximum atomic E-state index is 11.8. The third-order valence-corrected chi connectivity index (χ3v) is 3.45. The van der Waals surface area contributed by atoms with Gasteiger partial charge in [0.05, 0.1) is 5.41 Å². The largest absolute Gasteiger partial charge is 0.439 e. The molecule has 0 aliphatic rings. The summed E-state index contributed by atoms with van der Waals surface area (Å²) in [6.07, 6.45) is 0. The second-order valence-corrected chi connectivity index (χ2v) is 6.23. The van der Waals surface area contributed by atoms with Crippen molar-refractivity contribution in [2.75, 3.05) is 6.79 Å². The van der Waals surface area contributed by atoms with Crippen LogP contribution in [0.1, 0.15) is 41.5 Å². The molecule has 0 saturated carbocycles. The van der Waals surface area contributed by atoms with Crippen LogP contribution in [0, 0.1) is 16.7 Å². The number of ether oxygens (including phenoxy) is 1. The second kappa shape index (κ2) is 5.12. The average molecular weight is 232 g/mol. The van der Waals surface area contributed by atoms with Crippen LogP contribution in [0.5, 0.6) is 0 Å². The topological polar surface area (TPSA) is 35.5 Å². The van der Waals surface area contributed by atoms with Crippen molar-refractivity contribution in [2.24, 2.45) is 16.7 Å². The lowest BCUT2D eigenvalue weighted by molar-refractivity contribution is -0.166. The number of hydrogen-bond acceptors (Lipinski definition) is 3. The van der Waals surface area contributed by atoms with Crippen molar-refractivity contribution >= 4 is 16.5 Å². The fraction of sp³-hybridized carbons (Fsp3) is 0.909. The zero-order valence-electron chi connectivity index (χ0n) is 11.0. The van der Waals surface area contributed by atoms with Crippen LogP contribution in [-0.2, 0) is 14.0 Å². The predicted octanol–water partition coefficient (Wildman–Crippen LogP) is 1.49. The summed E-state index contributed by atoms with van der Waals surface area (Å²) in [5, 5.41) is 0. The molecule has 0 heterocycles. The number of carbonyl (C=O) groups excluding carboxylic acids is 1. The first-order chi connectivity index (χ1) is 6.64. The van der Waals surface area contributed by atoms with Gasteiger partial charge < -0.3 is 9.16 Å². The first kappa shape index (κ1) is 14.6. The third-order valence-electron chi connectivity index (χ3n) is 3.22. The molecule has 0 saturated heterocycles. The molecular formula is C11H24O3Si. The molecule has 0 spiro atoms. The van der Waals surface area contributed by atoms with Gasteiger partial charge in [0.2, 0.25) is 0 Å². The Hall–Kier alpha value is -0.353. The van der Waals surface area contributed by atoms with Crippen LogP contribution in [0.25, 0.3) is 0 Å². The lowest BCUT2D eigenvalue weighted by atomic mass is 9.67. The van der Waals surface area contributed by atoms with Crippen molar-refractivity contribution in [1.82, 2.24) is 0 Å². The van der Waals surface area contributed by atoms with Gasteiger partial charge in [0, 0.05) is 0 Å². The SMILES string of the molecule is C[C@H](C(C)(C)C)C(C)(C)C(=O)OCO[SiH3]. The van der Waals surface area contributed by atoms with E-state index in [1.807, 2.05) is 13.8 Å². The van der Waals surface area contributed by atoms with Gasteiger partial charge in [0.1, 0.15) is 10.5 Å². The lowest BCUT2D eigenvalue weighted by Crippen LogP contribution is -2.39. The van der Waals surface area contributed by atoms with E-state index in [9.17, 15) is 4.79 Å². The van der Waals surface area contributed by atoms with E-state index < -0.39 is 5.41 Å². The van der Waals surface area contributed by atoms with Crippen LogP contribution in [0.4, 0.5) is 0 Å². The van der Waals surface area contributed by atoms with Crippen LogP contribution >= 0.6 is 0 Å². The third kappa shape index (κ3) is 3.95. The van der Waals surface area contributed by atoms with Gasteiger partial charge in [0.15, 0.2) is 6.79 Å². The highest BCUT2D eigenvalue weighted by atomic mass is 28.2. The zero-order chi connectivity index (χ0) is 12.3. The van der Waals surface area contributed by atoms with E-state index >= 15 is 0 Å². The standard InChI is InChI=1S/C11H24O3Si/c1-8(10(2,3)4)11(5,6)9(12)13-7-14-15/h8H,7H2,1-6,15H3/t8-/m1/s1. The normalized spacial score (nSPS) is 15.1. The summed E-state index contributed by atoms with van der Waals surface area (Å²) in [6.45, 7) is 12.4. The molecule has 0 unspecified atom stereocenters. The fourth-order valence-electron chi connectivity index (χ4n) is 1.56. The van der Waals surface area contributed by atoms with Crippen molar-refractivity contribution in [1.29, 1.82) is 0 Å². The van der Waals surface area contributed by atoms with Crippen molar-refractivity contribution in [3.8, 4) is 0 Å². The van der Waals surface area contributed by atoms with Gasteiger partial charge >= 0.3 is 5.97 Å². The molecule has 0 radical (unpaired) electrons. The highest BCUT2D eigenvalue weighted by Gasteiger charge is 2.41. The Morgan fingerprint density at radius 1 is 1.27 bits per heavy atom. The van der Waals surface area contributed by atoms with E-state index in [4.69, 9.17) is 9.16 Å². The van der Waals surface area contributed by atoms with E-state index in [0.717, 1.165) is 0 Å².